The number of carbonyl (C=O) groups excluding carboxylic acids is 3. The summed E-state index contributed by atoms with van der Waals surface area (Å²) in [7, 11) is 0. The number of nitrogens with one attached hydrogen (secondary N) is 1. The molecule has 0 aromatic heterocycles. The highest BCUT2D eigenvalue weighted by atomic mass is 16.7. The molecule has 7 heteroatoms. The zero-order valence-corrected chi connectivity index (χ0v) is 12.6. The Balaban J connectivity index is 2.10. The van der Waals surface area contributed by atoms with E-state index < -0.39 is 18.5 Å². The smallest absolute Gasteiger partial charge is 0.308 e. The number of ketones is 1. The number of Topliss-reactive ketones (excluding diaryl/α,β-unsaturated/α-hetero) is 1. The summed E-state index contributed by atoms with van der Waals surface area (Å²) in [6, 6.07) is 3.03. The molecule has 1 N–H and O–H groups in total. The van der Waals surface area contributed by atoms with Crippen LogP contribution in [-0.2, 0) is 14.3 Å². The number of ether oxygens (including phenoxy) is 3. The van der Waals surface area contributed by atoms with Crippen molar-refractivity contribution in [1.82, 2.24) is 0 Å². The van der Waals surface area contributed by atoms with Crippen LogP contribution >= 0.6 is 0 Å². The lowest BCUT2D eigenvalue weighted by Gasteiger charge is -2.11. The van der Waals surface area contributed by atoms with E-state index in [4.69, 9.17) is 14.2 Å². The largest absolute Gasteiger partial charge is 0.455 e. The first kappa shape index (κ1) is 15.8. The number of hydrogen-bond acceptors (Lipinski definition) is 6. The minimum absolute atomic E-state index is 0.0656. The van der Waals surface area contributed by atoms with Gasteiger partial charge >= 0.3 is 5.97 Å². The first-order chi connectivity index (χ1) is 10.4. The molecule has 0 radical (unpaired) electrons. The number of rotatable bonds is 5. The number of benzene rings is 1. The lowest BCUT2D eigenvalue weighted by Crippen LogP contribution is -2.23. The van der Waals surface area contributed by atoms with E-state index in [1.165, 1.54) is 19.1 Å². The van der Waals surface area contributed by atoms with Crippen LogP contribution in [0.1, 0.15) is 31.1 Å². The Labute approximate surface area is 127 Å². The fourth-order valence-corrected chi connectivity index (χ4v) is 1.83. The Hall–Kier alpha value is -2.57. The second kappa shape index (κ2) is 6.46. The maximum absolute atomic E-state index is 11.8. The lowest BCUT2D eigenvalue weighted by molar-refractivity contribution is -0.150. The molecular weight excluding hydrogens is 290 g/mol. The number of amides is 1. The molecule has 0 aliphatic carbocycles. The highest BCUT2D eigenvalue weighted by molar-refractivity contribution is 6.05. The molecule has 0 unspecified atom stereocenters. The van der Waals surface area contributed by atoms with Crippen LogP contribution in [0.4, 0.5) is 5.69 Å². The molecule has 1 aliphatic rings. The van der Waals surface area contributed by atoms with Gasteiger partial charge in [-0.15, -0.1) is 0 Å². The Morgan fingerprint density at radius 1 is 1.23 bits per heavy atom. The van der Waals surface area contributed by atoms with Gasteiger partial charge in [-0.1, -0.05) is 13.8 Å². The summed E-state index contributed by atoms with van der Waals surface area (Å²) in [6.45, 7) is 4.38. The van der Waals surface area contributed by atoms with Gasteiger partial charge in [0.25, 0.3) is 5.91 Å². The summed E-state index contributed by atoms with van der Waals surface area (Å²) in [5, 5.41) is 2.54. The van der Waals surface area contributed by atoms with E-state index in [1.807, 2.05) is 0 Å². The third-order valence-corrected chi connectivity index (χ3v) is 2.98. The molecule has 0 saturated heterocycles. The lowest BCUT2D eigenvalue weighted by atomic mass is 10.1. The number of anilines is 1. The van der Waals surface area contributed by atoms with Gasteiger partial charge in [0.15, 0.2) is 23.9 Å². The van der Waals surface area contributed by atoms with Crippen LogP contribution in [0.3, 0.4) is 0 Å². The number of carbonyl (C=O) groups is 3. The average molecular weight is 307 g/mol. The summed E-state index contributed by atoms with van der Waals surface area (Å²) >= 11 is 0. The molecule has 0 saturated carbocycles. The van der Waals surface area contributed by atoms with Gasteiger partial charge in [-0.05, 0) is 13.0 Å². The molecule has 0 bridgehead atoms. The maximum Gasteiger partial charge on any atom is 0.308 e. The quantitative estimate of drug-likeness (QED) is 0.658. The molecule has 2 rings (SSSR count). The highest BCUT2D eigenvalue weighted by Gasteiger charge is 2.20. The maximum atomic E-state index is 11.8. The third-order valence-electron chi connectivity index (χ3n) is 2.98. The van der Waals surface area contributed by atoms with Gasteiger partial charge in [0.2, 0.25) is 6.79 Å². The van der Waals surface area contributed by atoms with Crippen molar-refractivity contribution in [3.8, 4) is 11.5 Å². The van der Waals surface area contributed by atoms with E-state index in [-0.39, 0.29) is 18.5 Å². The van der Waals surface area contributed by atoms with Gasteiger partial charge in [-0.25, -0.2) is 0 Å². The first-order valence-corrected chi connectivity index (χ1v) is 6.79. The summed E-state index contributed by atoms with van der Waals surface area (Å²) in [4.78, 5) is 34.8. The second-order valence-electron chi connectivity index (χ2n) is 5.12. The summed E-state index contributed by atoms with van der Waals surface area (Å²) < 4.78 is 15.3. The number of fused-ring (bicyclic) bond motifs is 1. The van der Waals surface area contributed by atoms with E-state index >= 15 is 0 Å². The molecule has 7 nitrogen and oxygen atoms in total. The Morgan fingerprint density at radius 3 is 2.45 bits per heavy atom. The van der Waals surface area contributed by atoms with Gasteiger partial charge in [0, 0.05) is 11.6 Å². The van der Waals surface area contributed by atoms with E-state index in [1.54, 1.807) is 13.8 Å². The molecule has 0 spiro atoms. The third kappa shape index (κ3) is 3.55. The molecule has 0 fully saturated rings. The van der Waals surface area contributed by atoms with Crippen molar-refractivity contribution >= 4 is 23.3 Å². The van der Waals surface area contributed by atoms with Crippen molar-refractivity contribution in [2.24, 2.45) is 5.92 Å². The van der Waals surface area contributed by atoms with Crippen LogP contribution in [0.25, 0.3) is 0 Å². The standard InChI is InChI=1S/C15H17NO6/c1-8(2)15(19)20-6-14(18)16-11-5-13-12(21-7-22-13)4-10(11)9(3)17/h4-5,8H,6-7H2,1-3H3,(H,16,18). The molecule has 1 heterocycles. The summed E-state index contributed by atoms with van der Waals surface area (Å²) in [5.41, 5.74) is 0.593. The molecule has 1 aromatic rings. The minimum atomic E-state index is -0.532. The monoisotopic (exact) mass is 307 g/mol. The van der Waals surface area contributed by atoms with Crippen molar-refractivity contribution in [2.45, 2.75) is 20.8 Å². The van der Waals surface area contributed by atoms with E-state index in [2.05, 4.69) is 5.32 Å². The fourth-order valence-electron chi connectivity index (χ4n) is 1.83. The first-order valence-electron chi connectivity index (χ1n) is 6.79. The predicted octanol–water partition coefficient (Wildman–Crippen LogP) is 1.76. The van der Waals surface area contributed by atoms with E-state index in [9.17, 15) is 14.4 Å². The minimum Gasteiger partial charge on any atom is -0.455 e. The van der Waals surface area contributed by atoms with E-state index in [0.717, 1.165) is 0 Å². The highest BCUT2D eigenvalue weighted by Crippen LogP contribution is 2.37. The van der Waals surface area contributed by atoms with Gasteiger partial charge < -0.3 is 19.5 Å². The van der Waals surface area contributed by atoms with Crippen molar-refractivity contribution < 1.29 is 28.6 Å². The fraction of sp³-hybridized carbons (Fsp3) is 0.400. The van der Waals surface area contributed by atoms with Gasteiger partial charge in [-0.2, -0.15) is 0 Å². The topological polar surface area (TPSA) is 90.9 Å². The average Bonchev–Trinajstić information content (AvgIpc) is 2.90. The van der Waals surface area contributed by atoms with Gasteiger partial charge in [0.1, 0.15) is 0 Å². The van der Waals surface area contributed by atoms with E-state index in [0.29, 0.717) is 22.7 Å². The Morgan fingerprint density at radius 2 is 1.86 bits per heavy atom. The second-order valence-corrected chi connectivity index (χ2v) is 5.12. The van der Waals surface area contributed by atoms with Crippen molar-refractivity contribution in [1.29, 1.82) is 0 Å². The summed E-state index contributed by atoms with van der Waals surface area (Å²) in [5.74, 6) is -0.643. The molecule has 22 heavy (non-hydrogen) atoms. The number of hydrogen-bond donors (Lipinski definition) is 1. The molecule has 118 valence electrons. The zero-order chi connectivity index (χ0) is 16.3. The molecule has 1 amide bonds. The molecule has 1 aromatic carbocycles. The van der Waals surface area contributed by atoms with Crippen LogP contribution < -0.4 is 14.8 Å². The van der Waals surface area contributed by atoms with Crippen molar-refractivity contribution in [3.63, 3.8) is 0 Å². The summed E-state index contributed by atoms with van der Waals surface area (Å²) in [6.07, 6.45) is 0. The van der Waals surface area contributed by atoms with Gasteiger partial charge in [-0.3, -0.25) is 14.4 Å². The molecule has 1 aliphatic heterocycles. The molecule has 0 atom stereocenters. The van der Waals surface area contributed by atoms with Crippen LogP contribution in [0.5, 0.6) is 11.5 Å². The number of esters is 1. The normalized spacial score (nSPS) is 12.2. The van der Waals surface area contributed by atoms with Crippen LogP contribution in [0.15, 0.2) is 12.1 Å². The predicted molar refractivity (Wildman–Crippen MR) is 77.0 cm³/mol. The van der Waals surface area contributed by atoms with Crippen molar-refractivity contribution in [3.05, 3.63) is 17.7 Å². The van der Waals surface area contributed by atoms with Crippen LogP contribution in [0, 0.1) is 5.92 Å². The molecular formula is C15H17NO6. The Kier molecular flexibility index (Phi) is 4.65. The van der Waals surface area contributed by atoms with Crippen LogP contribution in [-0.4, -0.2) is 31.1 Å². The van der Waals surface area contributed by atoms with Crippen LogP contribution in [0.2, 0.25) is 0 Å². The Bertz CT molecular complexity index is 623. The van der Waals surface area contributed by atoms with Gasteiger partial charge in [0.05, 0.1) is 11.6 Å². The zero-order valence-electron chi connectivity index (χ0n) is 12.6. The SMILES string of the molecule is CC(=O)c1cc2c(cc1NC(=O)COC(=O)C(C)C)OCO2. The van der Waals surface area contributed by atoms with Crippen molar-refractivity contribution in [2.75, 3.05) is 18.7 Å².